The summed E-state index contributed by atoms with van der Waals surface area (Å²) < 4.78 is 2.55. The van der Waals surface area contributed by atoms with Crippen molar-refractivity contribution in [3.8, 4) is 5.69 Å². The van der Waals surface area contributed by atoms with Crippen LogP contribution < -0.4 is 5.43 Å². The highest BCUT2D eigenvalue weighted by atomic mass is 79.9. The average Bonchev–Trinajstić information content (AvgIpc) is 2.95. The van der Waals surface area contributed by atoms with Crippen LogP contribution in [-0.2, 0) is 0 Å². The van der Waals surface area contributed by atoms with Gasteiger partial charge in [0.1, 0.15) is 0 Å². The Labute approximate surface area is 170 Å². The zero-order valence-corrected chi connectivity index (χ0v) is 16.9. The maximum absolute atomic E-state index is 12.2. The maximum atomic E-state index is 12.2. The van der Waals surface area contributed by atoms with E-state index < -0.39 is 5.97 Å². The van der Waals surface area contributed by atoms with Crippen LogP contribution in [0.1, 0.15) is 37.7 Å². The van der Waals surface area contributed by atoms with E-state index in [4.69, 9.17) is 0 Å². The summed E-state index contributed by atoms with van der Waals surface area (Å²) in [4.78, 5) is 23.8. The van der Waals surface area contributed by atoms with Gasteiger partial charge in [0.2, 0.25) is 0 Å². The summed E-state index contributed by atoms with van der Waals surface area (Å²) in [6.45, 7) is 3.77. The molecule has 142 valence electrons. The Morgan fingerprint density at radius 1 is 1.07 bits per heavy atom. The van der Waals surface area contributed by atoms with Gasteiger partial charge in [-0.15, -0.1) is 0 Å². The third kappa shape index (κ3) is 3.89. The smallest absolute Gasteiger partial charge is 0.337 e. The molecular formula is C21H18BrN3O3. The van der Waals surface area contributed by atoms with Gasteiger partial charge in [-0.05, 0) is 60.1 Å². The number of aryl methyl sites for hydroxylation is 1. The second-order valence-electron chi connectivity index (χ2n) is 6.16. The van der Waals surface area contributed by atoms with Crippen LogP contribution in [0.25, 0.3) is 5.69 Å². The number of para-hydroxylation sites is 1. The van der Waals surface area contributed by atoms with E-state index in [1.54, 1.807) is 48.7 Å². The fourth-order valence-corrected chi connectivity index (χ4v) is 3.47. The second-order valence-corrected chi connectivity index (χ2v) is 7.02. The second kappa shape index (κ2) is 8.22. The number of amides is 1. The zero-order valence-electron chi connectivity index (χ0n) is 15.3. The number of carboxylic acids is 1. The number of aromatic carboxylic acids is 1. The molecule has 1 heterocycles. The summed E-state index contributed by atoms with van der Waals surface area (Å²) >= 11 is 3.34. The lowest BCUT2D eigenvalue weighted by Gasteiger charge is -2.12. The number of halogens is 1. The molecule has 0 saturated carbocycles. The topological polar surface area (TPSA) is 83.7 Å². The first kappa shape index (κ1) is 19.6. The zero-order chi connectivity index (χ0) is 20.3. The van der Waals surface area contributed by atoms with Gasteiger partial charge in [-0.25, -0.2) is 10.2 Å². The molecule has 0 spiro atoms. The summed E-state index contributed by atoms with van der Waals surface area (Å²) in [6.07, 6.45) is 1.55. The van der Waals surface area contributed by atoms with Gasteiger partial charge in [0, 0.05) is 21.4 Å². The third-order valence-corrected chi connectivity index (χ3v) is 5.03. The van der Waals surface area contributed by atoms with Crippen molar-refractivity contribution in [2.75, 3.05) is 0 Å². The Balaban J connectivity index is 1.87. The molecule has 3 rings (SSSR count). The van der Waals surface area contributed by atoms with Crippen LogP contribution in [0, 0.1) is 13.8 Å². The molecule has 0 aliphatic rings. The number of hydrazone groups is 1. The standard InChI is InChI=1S/C21H18BrN3O3/c1-13-11-15(12-23-24-20(26)16-7-3-5-9-18(16)22)14(2)25(13)19-10-6-4-8-17(19)21(27)28/h3-12H,1-2H3,(H,24,26)(H,27,28)/b23-12-. The quantitative estimate of drug-likeness (QED) is 0.458. The van der Waals surface area contributed by atoms with Gasteiger partial charge in [0.05, 0.1) is 23.0 Å². The summed E-state index contributed by atoms with van der Waals surface area (Å²) in [5.41, 5.74) is 6.27. The molecule has 6 nitrogen and oxygen atoms in total. The van der Waals surface area contributed by atoms with Gasteiger partial charge in [-0.1, -0.05) is 24.3 Å². The van der Waals surface area contributed by atoms with Gasteiger partial charge in [-0.3, -0.25) is 4.79 Å². The molecule has 0 aliphatic carbocycles. The number of carbonyl (C=O) groups excluding carboxylic acids is 1. The van der Waals surface area contributed by atoms with E-state index in [2.05, 4.69) is 26.5 Å². The molecule has 0 unspecified atom stereocenters. The first-order chi connectivity index (χ1) is 13.4. The number of rotatable bonds is 5. The molecule has 0 atom stereocenters. The number of aromatic nitrogens is 1. The van der Waals surface area contributed by atoms with Crippen LogP contribution >= 0.6 is 15.9 Å². The van der Waals surface area contributed by atoms with Crippen LogP contribution in [0.5, 0.6) is 0 Å². The minimum Gasteiger partial charge on any atom is -0.478 e. The highest BCUT2D eigenvalue weighted by Crippen LogP contribution is 2.23. The van der Waals surface area contributed by atoms with E-state index >= 15 is 0 Å². The maximum Gasteiger partial charge on any atom is 0.337 e. The Bertz CT molecular complexity index is 1090. The van der Waals surface area contributed by atoms with E-state index in [9.17, 15) is 14.7 Å². The Hall–Kier alpha value is -3.19. The number of carbonyl (C=O) groups is 2. The Kier molecular flexibility index (Phi) is 5.75. The van der Waals surface area contributed by atoms with E-state index in [0.717, 1.165) is 17.0 Å². The molecule has 0 bridgehead atoms. The number of benzene rings is 2. The van der Waals surface area contributed by atoms with Crippen LogP contribution in [0.2, 0.25) is 0 Å². The first-order valence-corrected chi connectivity index (χ1v) is 9.29. The monoisotopic (exact) mass is 439 g/mol. The van der Waals surface area contributed by atoms with Gasteiger partial charge >= 0.3 is 5.97 Å². The molecule has 0 radical (unpaired) electrons. The SMILES string of the molecule is Cc1cc(/C=N\NC(=O)c2ccccc2Br)c(C)n1-c1ccccc1C(=O)O. The highest BCUT2D eigenvalue weighted by Gasteiger charge is 2.16. The van der Waals surface area contributed by atoms with E-state index in [-0.39, 0.29) is 11.5 Å². The minimum atomic E-state index is -0.987. The molecule has 3 aromatic rings. The van der Waals surface area contributed by atoms with Gasteiger partial charge in [0.15, 0.2) is 0 Å². The molecule has 0 aliphatic heterocycles. The average molecular weight is 440 g/mol. The summed E-state index contributed by atoms with van der Waals surface area (Å²) in [6, 6.07) is 15.8. The summed E-state index contributed by atoms with van der Waals surface area (Å²) in [5.74, 6) is -1.31. The minimum absolute atomic E-state index is 0.218. The van der Waals surface area contributed by atoms with E-state index in [1.807, 2.05) is 30.5 Å². The van der Waals surface area contributed by atoms with Crippen LogP contribution in [-0.4, -0.2) is 27.8 Å². The lowest BCUT2D eigenvalue weighted by molar-refractivity contribution is 0.0696. The van der Waals surface area contributed by atoms with Crippen molar-refractivity contribution in [2.45, 2.75) is 13.8 Å². The van der Waals surface area contributed by atoms with Gasteiger partial charge in [0.25, 0.3) is 5.91 Å². The fraction of sp³-hybridized carbons (Fsp3) is 0.0952. The number of hydrogen-bond donors (Lipinski definition) is 2. The van der Waals surface area contributed by atoms with Crippen molar-refractivity contribution in [1.29, 1.82) is 0 Å². The molecule has 1 amide bonds. The van der Waals surface area contributed by atoms with E-state index in [1.165, 1.54) is 0 Å². The van der Waals surface area contributed by atoms with Crippen molar-refractivity contribution in [2.24, 2.45) is 5.10 Å². The first-order valence-electron chi connectivity index (χ1n) is 8.49. The Morgan fingerprint density at radius 3 is 2.39 bits per heavy atom. The third-order valence-electron chi connectivity index (χ3n) is 4.33. The van der Waals surface area contributed by atoms with Crippen molar-refractivity contribution in [3.05, 3.63) is 87.1 Å². The van der Waals surface area contributed by atoms with Gasteiger partial charge < -0.3 is 9.67 Å². The predicted octanol–water partition coefficient (Wildman–Crippen LogP) is 4.32. The van der Waals surface area contributed by atoms with Crippen LogP contribution in [0.15, 0.2) is 64.2 Å². The molecule has 0 fully saturated rings. The lowest BCUT2D eigenvalue weighted by atomic mass is 10.1. The van der Waals surface area contributed by atoms with Gasteiger partial charge in [-0.2, -0.15) is 5.10 Å². The highest BCUT2D eigenvalue weighted by molar-refractivity contribution is 9.10. The fourth-order valence-electron chi connectivity index (χ4n) is 3.00. The molecule has 0 saturated heterocycles. The molecule has 2 aromatic carbocycles. The van der Waals surface area contributed by atoms with Crippen LogP contribution in [0.4, 0.5) is 0 Å². The number of nitrogens with zero attached hydrogens (tertiary/aromatic N) is 2. The van der Waals surface area contributed by atoms with Crippen LogP contribution in [0.3, 0.4) is 0 Å². The molecule has 7 heteroatoms. The summed E-state index contributed by atoms with van der Waals surface area (Å²) in [7, 11) is 0. The largest absolute Gasteiger partial charge is 0.478 e. The van der Waals surface area contributed by atoms with Crippen molar-refractivity contribution in [3.63, 3.8) is 0 Å². The lowest BCUT2D eigenvalue weighted by Crippen LogP contribution is -2.18. The summed E-state index contributed by atoms with van der Waals surface area (Å²) in [5, 5.41) is 13.5. The number of carboxylic acid groups (broad SMARTS) is 1. The predicted molar refractivity (Wildman–Crippen MR) is 111 cm³/mol. The van der Waals surface area contributed by atoms with Crippen molar-refractivity contribution >= 4 is 34.0 Å². The normalized spacial score (nSPS) is 11.0. The molecule has 1 aromatic heterocycles. The Morgan fingerprint density at radius 2 is 1.71 bits per heavy atom. The molecule has 28 heavy (non-hydrogen) atoms. The van der Waals surface area contributed by atoms with E-state index in [0.29, 0.717) is 15.7 Å². The van der Waals surface area contributed by atoms with Crippen molar-refractivity contribution in [1.82, 2.24) is 9.99 Å². The molecule has 2 N–H and O–H groups in total. The van der Waals surface area contributed by atoms with Crippen molar-refractivity contribution < 1.29 is 14.7 Å². The molecular weight excluding hydrogens is 422 g/mol. The number of nitrogens with one attached hydrogen (secondary N) is 1. The number of hydrogen-bond acceptors (Lipinski definition) is 3.